The van der Waals surface area contributed by atoms with Crippen LogP contribution in [-0.4, -0.2) is 13.3 Å². The van der Waals surface area contributed by atoms with Crippen molar-refractivity contribution < 1.29 is 4.84 Å². The van der Waals surface area contributed by atoms with Crippen LogP contribution in [0.1, 0.15) is 38.5 Å². The SMILES string of the molecule is [CH2]CCC#CCCCCC=NOC. The van der Waals surface area contributed by atoms with E-state index in [9.17, 15) is 0 Å². The highest BCUT2D eigenvalue weighted by Crippen LogP contribution is 1.97. The molecule has 0 amide bonds. The van der Waals surface area contributed by atoms with Gasteiger partial charge in [0.15, 0.2) is 0 Å². The highest BCUT2D eigenvalue weighted by atomic mass is 16.6. The minimum atomic E-state index is 0.910. The van der Waals surface area contributed by atoms with E-state index < -0.39 is 0 Å². The molecule has 0 fully saturated rings. The van der Waals surface area contributed by atoms with Gasteiger partial charge in [0.25, 0.3) is 0 Å². The first-order chi connectivity index (χ1) is 6.41. The first-order valence-electron chi connectivity index (χ1n) is 4.71. The molecule has 0 aliphatic rings. The third kappa shape index (κ3) is 11.0. The van der Waals surface area contributed by atoms with Crippen molar-refractivity contribution in [2.24, 2.45) is 5.16 Å². The Kier molecular flexibility index (Phi) is 10.2. The van der Waals surface area contributed by atoms with Gasteiger partial charge in [0.05, 0.1) is 0 Å². The maximum absolute atomic E-state index is 4.54. The molecule has 0 unspecified atom stereocenters. The van der Waals surface area contributed by atoms with Crippen molar-refractivity contribution in [3.05, 3.63) is 6.92 Å². The third-order valence-electron chi connectivity index (χ3n) is 1.49. The minimum absolute atomic E-state index is 0.910. The van der Waals surface area contributed by atoms with Crippen LogP contribution >= 0.6 is 0 Å². The number of nitrogens with zero attached hydrogens (tertiary/aromatic N) is 1. The molecule has 0 aromatic heterocycles. The van der Waals surface area contributed by atoms with E-state index in [0.717, 1.165) is 38.5 Å². The van der Waals surface area contributed by atoms with E-state index in [1.807, 2.05) is 0 Å². The lowest BCUT2D eigenvalue weighted by Gasteiger charge is -1.90. The smallest absolute Gasteiger partial charge is 0.106 e. The fourth-order valence-corrected chi connectivity index (χ4v) is 0.841. The largest absolute Gasteiger partial charge is 0.399 e. The Morgan fingerprint density at radius 2 is 2.08 bits per heavy atom. The molecule has 73 valence electrons. The summed E-state index contributed by atoms with van der Waals surface area (Å²) in [7, 11) is 1.56. The molecular formula is C11H18NO. The first-order valence-corrected chi connectivity index (χ1v) is 4.71. The van der Waals surface area contributed by atoms with Gasteiger partial charge in [-0.3, -0.25) is 0 Å². The second kappa shape index (κ2) is 11.0. The van der Waals surface area contributed by atoms with Crippen molar-refractivity contribution in [3.63, 3.8) is 0 Å². The molecule has 0 saturated heterocycles. The van der Waals surface area contributed by atoms with Gasteiger partial charge >= 0.3 is 0 Å². The Morgan fingerprint density at radius 3 is 2.77 bits per heavy atom. The highest BCUT2D eigenvalue weighted by Gasteiger charge is 1.83. The van der Waals surface area contributed by atoms with Gasteiger partial charge in [-0.1, -0.05) is 12.1 Å². The Balaban J connectivity index is 3.09. The summed E-state index contributed by atoms with van der Waals surface area (Å²) in [6.07, 6.45) is 7.86. The summed E-state index contributed by atoms with van der Waals surface area (Å²) in [5.74, 6) is 6.18. The van der Waals surface area contributed by atoms with Gasteiger partial charge < -0.3 is 4.84 Å². The van der Waals surface area contributed by atoms with Crippen molar-refractivity contribution in [1.29, 1.82) is 0 Å². The minimum Gasteiger partial charge on any atom is -0.399 e. The summed E-state index contributed by atoms with van der Waals surface area (Å²) in [5.41, 5.74) is 0. The zero-order valence-electron chi connectivity index (χ0n) is 8.38. The predicted octanol–water partition coefficient (Wildman–Crippen LogP) is 2.80. The first kappa shape index (κ1) is 12.0. The Hall–Kier alpha value is -0.970. The Bertz CT molecular complexity index is 176. The third-order valence-corrected chi connectivity index (χ3v) is 1.49. The topological polar surface area (TPSA) is 21.6 Å². The maximum Gasteiger partial charge on any atom is 0.106 e. The second-order valence-electron chi connectivity index (χ2n) is 2.67. The zero-order chi connectivity index (χ0) is 9.78. The van der Waals surface area contributed by atoms with Crippen molar-refractivity contribution in [1.82, 2.24) is 0 Å². The Labute approximate surface area is 81.4 Å². The molecule has 0 aliphatic carbocycles. The molecule has 13 heavy (non-hydrogen) atoms. The lowest BCUT2D eigenvalue weighted by atomic mass is 10.2. The molecule has 0 aliphatic heterocycles. The van der Waals surface area contributed by atoms with Gasteiger partial charge in [0.2, 0.25) is 0 Å². The molecule has 0 aromatic rings. The molecule has 2 nitrogen and oxygen atoms in total. The number of hydrogen-bond acceptors (Lipinski definition) is 2. The van der Waals surface area contributed by atoms with Crippen LogP contribution in [0.25, 0.3) is 0 Å². The van der Waals surface area contributed by atoms with Gasteiger partial charge in [0, 0.05) is 19.1 Å². The number of unbranched alkanes of at least 4 members (excludes halogenated alkanes) is 4. The summed E-state index contributed by atoms with van der Waals surface area (Å²) in [4.78, 5) is 4.54. The van der Waals surface area contributed by atoms with E-state index in [1.165, 1.54) is 0 Å². The van der Waals surface area contributed by atoms with Gasteiger partial charge in [-0.25, -0.2) is 0 Å². The molecule has 0 atom stereocenters. The highest BCUT2D eigenvalue weighted by molar-refractivity contribution is 5.56. The van der Waals surface area contributed by atoms with Crippen LogP contribution in [-0.2, 0) is 4.84 Å². The molecule has 1 radical (unpaired) electrons. The van der Waals surface area contributed by atoms with Crippen molar-refractivity contribution >= 4 is 6.21 Å². The van der Waals surface area contributed by atoms with E-state index in [4.69, 9.17) is 0 Å². The van der Waals surface area contributed by atoms with Gasteiger partial charge in [0.1, 0.15) is 7.11 Å². The standard InChI is InChI=1S/C11H18NO/c1-3-4-5-6-7-8-9-10-11-12-13-2/h11H,1,3-4,7-10H2,2H3. The fourth-order valence-electron chi connectivity index (χ4n) is 0.841. The molecule has 0 rings (SSSR count). The summed E-state index contributed by atoms with van der Waals surface area (Å²) in [6, 6.07) is 0. The molecule has 0 saturated carbocycles. The number of hydrogen-bond donors (Lipinski definition) is 0. The molecule has 0 spiro atoms. The predicted molar refractivity (Wildman–Crippen MR) is 56.3 cm³/mol. The van der Waals surface area contributed by atoms with E-state index >= 15 is 0 Å². The van der Waals surface area contributed by atoms with E-state index in [1.54, 1.807) is 13.3 Å². The van der Waals surface area contributed by atoms with E-state index in [2.05, 4.69) is 28.8 Å². The zero-order valence-corrected chi connectivity index (χ0v) is 8.38. The van der Waals surface area contributed by atoms with Crippen LogP contribution < -0.4 is 0 Å². The molecule has 2 heteroatoms. The van der Waals surface area contributed by atoms with Crippen LogP contribution in [0.2, 0.25) is 0 Å². The van der Waals surface area contributed by atoms with Crippen LogP contribution in [0.3, 0.4) is 0 Å². The lowest BCUT2D eigenvalue weighted by molar-refractivity contribution is 0.214. The second-order valence-corrected chi connectivity index (χ2v) is 2.67. The van der Waals surface area contributed by atoms with Gasteiger partial charge in [-0.2, -0.15) is 0 Å². The molecule has 0 aromatic carbocycles. The Morgan fingerprint density at radius 1 is 1.31 bits per heavy atom. The molecular weight excluding hydrogens is 162 g/mol. The van der Waals surface area contributed by atoms with E-state index in [0.29, 0.717) is 0 Å². The average Bonchev–Trinajstić information content (AvgIpc) is 2.16. The van der Waals surface area contributed by atoms with Crippen molar-refractivity contribution in [2.45, 2.75) is 38.5 Å². The fraction of sp³-hybridized carbons (Fsp3) is 0.636. The molecule has 0 N–H and O–H groups in total. The summed E-state index contributed by atoms with van der Waals surface area (Å²) in [6.45, 7) is 3.72. The monoisotopic (exact) mass is 180 g/mol. The number of rotatable bonds is 6. The average molecular weight is 180 g/mol. The number of oxime groups is 1. The normalized spacial score (nSPS) is 9.69. The quantitative estimate of drug-likeness (QED) is 0.266. The molecule has 0 bridgehead atoms. The summed E-state index contributed by atoms with van der Waals surface area (Å²) in [5, 5.41) is 3.65. The van der Waals surface area contributed by atoms with E-state index in [-0.39, 0.29) is 0 Å². The van der Waals surface area contributed by atoms with Gasteiger partial charge in [-0.05, 0) is 25.7 Å². The van der Waals surface area contributed by atoms with Crippen LogP contribution in [0.15, 0.2) is 5.16 Å². The molecule has 0 heterocycles. The van der Waals surface area contributed by atoms with Crippen LogP contribution in [0.4, 0.5) is 0 Å². The van der Waals surface area contributed by atoms with Crippen molar-refractivity contribution in [2.75, 3.05) is 7.11 Å². The summed E-state index contributed by atoms with van der Waals surface area (Å²) >= 11 is 0. The van der Waals surface area contributed by atoms with Gasteiger partial charge in [-0.15, -0.1) is 11.8 Å². The van der Waals surface area contributed by atoms with Crippen molar-refractivity contribution in [3.8, 4) is 11.8 Å². The maximum atomic E-state index is 4.54. The van der Waals surface area contributed by atoms with Crippen LogP contribution in [0, 0.1) is 18.8 Å². The lowest BCUT2D eigenvalue weighted by Crippen LogP contribution is -1.79. The van der Waals surface area contributed by atoms with Crippen LogP contribution in [0.5, 0.6) is 0 Å². The summed E-state index contributed by atoms with van der Waals surface area (Å²) < 4.78 is 0.